The second-order valence-corrected chi connectivity index (χ2v) is 11.8. The van der Waals surface area contributed by atoms with Crippen LogP contribution in [0.2, 0.25) is 0 Å². The second-order valence-electron chi connectivity index (χ2n) is 11.4. The molecule has 0 unspecified atom stereocenters. The summed E-state index contributed by atoms with van der Waals surface area (Å²) in [7, 11) is 1.23. The molecule has 3 aromatic rings. The van der Waals surface area contributed by atoms with E-state index in [4.69, 9.17) is 17.0 Å². The average molecular weight is 684 g/mol. The number of H-pyrrole nitrogens is 1. The number of carbonyl (C=O) groups is 3. The number of likely N-dealkylation sites (tertiary alicyclic amines) is 2. The number of nitrogens with one attached hydrogen (secondary N) is 3. The fourth-order valence-electron chi connectivity index (χ4n) is 6.16. The number of hydrogen-bond donors (Lipinski definition) is 3. The number of para-hydroxylation sites is 1. The number of esters is 1. The van der Waals surface area contributed by atoms with Crippen LogP contribution in [0.1, 0.15) is 42.4 Å². The minimum absolute atomic E-state index is 0.000647. The molecule has 0 aliphatic carbocycles. The molecule has 16 heteroatoms. The first-order valence-electron chi connectivity index (χ1n) is 14.8. The summed E-state index contributed by atoms with van der Waals surface area (Å²) in [6, 6.07) is 5.40. The Morgan fingerprint density at radius 3 is 2.21 bits per heavy atom. The van der Waals surface area contributed by atoms with Gasteiger partial charge in [0, 0.05) is 42.3 Å². The lowest BCUT2D eigenvalue weighted by Gasteiger charge is -2.33. The van der Waals surface area contributed by atoms with Gasteiger partial charge in [0.2, 0.25) is 11.8 Å². The number of rotatable bonds is 7. The van der Waals surface area contributed by atoms with E-state index in [1.54, 1.807) is 12.3 Å². The van der Waals surface area contributed by atoms with E-state index in [9.17, 15) is 40.7 Å². The van der Waals surface area contributed by atoms with Crippen molar-refractivity contribution in [2.24, 2.45) is 0 Å². The molecule has 3 heterocycles. The van der Waals surface area contributed by atoms with Gasteiger partial charge in [-0.2, -0.15) is 26.3 Å². The first-order chi connectivity index (χ1) is 22.2. The quantitative estimate of drug-likeness (QED) is 0.177. The summed E-state index contributed by atoms with van der Waals surface area (Å²) in [6.07, 6.45) is -6.61. The third kappa shape index (κ3) is 7.47. The van der Waals surface area contributed by atoms with E-state index >= 15 is 0 Å². The largest absolute Gasteiger partial charge is 0.467 e. The Balaban J connectivity index is 1.42. The van der Waals surface area contributed by atoms with E-state index in [2.05, 4.69) is 15.6 Å². The van der Waals surface area contributed by atoms with Crippen LogP contribution in [0, 0.1) is 0 Å². The predicted molar refractivity (Wildman–Crippen MR) is 163 cm³/mol. The Labute approximate surface area is 270 Å². The van der Waals surface area contributed by atoms with Crippen LogP contribution in [0.25, 0.3) is 10.9 Å². The summed E-state index contributed by atoms with van der Waals surface area (Å²) in [4.78, 5) is 46.1. The van der Waals surface area contributed by atoms with E-state index in [1.165, 1.54) is 16.9 Å². The molecule has 0 bridgehead atoms. The Morgan fingerprint density at radius 2 is 1.57 bits per heavy atom. The van der Waals surface area contributed by atoms with Crippen molar-refractivity contribution in [3.05, 3.63) is 65.4 Å². The molecule has 2 saturated heterocycles. The molecule has 252 valence electrons. The van der Waals surface area contributed by atoms with Crippen LogP contribution in [0.5, 0.6) is 0 Å². The minimum atomic E-state index is -5.07. The molecule has 3 N–H and O–H groups in total. The van der Waals surface area contributed by atoms with Gasteiger partial charge in [-0.15, -0.1) is 0 Å². The van der Waals surface area contributed by atoms with Crippen molar-refractivity contribution in [1.82, 2.24) is 20.1 Å². The predicted octanol–water partition coefficient (Wildman–Crippen LogP) is 5.26. The maximum atomic E-state index is 14.2. The van der Waals surface area contributed by atoms with Crippen LogP contribution in [-0.2, 0) is 37.9 Å². The number of ether oxygens (including phenoxy) is 1. The summed E-state index contributed by atoms with van der Waals surface area (Å²) in [5, 5.41) is 5.54. The zero-order chi connectivity index (χ0) is 34.1. The number of amides is 2. The van der Waals surface area contributed by atoms with Gasteiger partial charge in [-0.25, -0.2) is 4.79 Å². The SMILES string of the molecule is COC(=O)[C@@H]1CCCN1C(=O)[C@H]1CCCN1C(=O)[C@@H](Cc1c[nH]c2ccccc12)NC(=S)Nc1cc(C(F)(F)F)cc(C(F)(F)F)c1. The summed E-state index contributed by atoms with van der Waals surface area (Å²) in [6.45, 7) is 0.528. The Hall–Kier alpha value is -4.34. The van der Waals surface area contributed by atoms with Gasteiger partial charge in [-0.1, -0.05) is 18.2 Å². The van der Waals surface area contributed by atoms with E-state index in [0.717, 1.165) is 10.9 Å². The number of carbonyl (C=O) groups excluding carboxylic acids is 3. The number of benzene rings is 2. The molecule has 0 spiro atoms. The van der Waals surface area contributed by atoms with Gasteiger partial charge in [0.05, 0.1) is 18.2 Å². The smallest absolute Gasteiger partial charge is 0.416 e. The van der Waals surface area contributed by atoms with Crippen LogP contribution in [0.4, 0.5) is 32.0 Å². The molecule has 47 heavy (non-hydrogen) atoms. The molecule has 2 aliphatic rings. The van der Waals surface area contributed by atoms with E-state index in [-0.39, 0.29) is 19.0 Å². The van der Waals surface area contributed by atoms with Crippen molar-refractivity contribution in [3.8, 4) is 0 Å². The highest BCUT2D eigenvalue weighted by atomic mass is 32.1. The number of halogens is 6. The number of alkyl halides is 6. The van der Waals surface area contributed by atoms with E-state index in [0.29, 0.717) is 49.9 Å². The molecular weight excluding hydrogens is 652 g/mol. The third-order valence-electron chi connectivity index (χ3n) is 8.38. The minimum Gasteiger partial charge on any atom is -0.467 e. The number of hydrogen-bond acceptors (Lipinski definition) is 5. The van der Waals surface area contributed by atoms with E-state index in [1.807, 2.05) is 18.2 Å². The summed E-state index contributed by atoms with van der Waals surface area (Å²) < 4.78 is 85.6. The highest BCUT2D eigenvalue weighted by Crippen LogP contribution is 2.37. The van der Waals surface area contributed by atoms with Crippen LogP contribution < -0.4 is 10.6 Å². The maximum absolute atomic E-state index is 14.2. The number of methoxy groups -OCH3 is 1. The summed E-state index contributed by atoms with van der Waals surface area (Å²) >= 11 is 5.31. The van der Waals surface area contributed by atoms with Gasteiger partial charge in [0.25, 0.3) is 0 Å². The van der Waals surface area contributed by atoms with Crippen LogP contribution in [0.15, 0.2) is 48.7 Å². The van der Waals surface area contributed by atoms with Crippen LogP contribution in [0.3, 0.4) is 0 Å². The molecule has 0 radical (unpaired) electrons. The average Bonchev–Trinajstić information content (AvgIpc) is 3.79. The molecule has 2 aliphatic heterocycles. The summed E-state index contributed by atoms with van der Waals surface area (Å²) in [5.41, 5.74) is -2.19. The fraction of sp³-hybridized carbons (Fsp3) is 0.419. The fourth-order valence-corrected chi connectivity index (χ4v) is 6.42. The Morgan fingerprint density at radius 1 is 0.957 bits per heavy atom. The maximum Gasteiger partial charge on any atom is 0.416 e. The van der Waals surface area contributed by atoms with Gasteiger partial charge in [-0.05, 0) is 67.7 Å². The topological polar surface area (TPSA) is 107 Å². The number of anilines is 1. The number of aromatic amines is 1. The molecule has 3 atom stereocenters. The zero-order valence-corrected chi connectivity index (χ0v) is 25.8. The van der Waals surface area contributed by atoms with Crippen molar-refractivity contribution in [3.63, 3.8) is 0 Å². The molecule has 1 aromatic heterocycles. The monoisotopic (exact) mass is 683 g/mol. The number of aromatic nitrogens is 1. The van der Waals surface area contributed by atoms with Gasteiger partial charge in [0.15, 0.2) is 5.11 Å². The first kappa shape index (κ1) is 34.0. The van der Waals surface area contributed by atoms with Crippen LogP contribution >= 0.6 is 12.2 Å². The Bertz CT molecular complexity index is 1640. The highest BCUT2D eigenvalue weighted by Gasteiger charge is 2.44. The number of nitrogens with zero attached hydrogens (tertiary/aromatic N) is 2. The number of thiocarbonyl (C=S) groups is 1. The van der Waals surface area contributed by atoms with Gasteiger partial charge in [-0.3, -0.25) is 9.59 Å². The lowest BCUT2D eigenvalue weighted by molar-refractivity contribution is -0.154. The standard InChI is InChI=1S/C31H31F6N5O4S/c1-46-28(45)25-9-5-11-42(25)27(44)24-8-4-10-41(24)26(43)23(12-17-16-38-22-7-3-2-6-21(17)22)40-29(47)39-20-14-18(30(32,33)34)13-19(15-20)31(35,36)37/h2-3,6-7,13-16,23-25,38H,4-5,8-12H2,1H3,(H2,39,40,47)/t23-,24-,25+/m1/s1. The lowest BCUT2D eigenvalue weighted by Crippen LogP contribution is -2.56. The molecule has 2 amide bonds. The van der Waals surface area contributed by atoms with Crippen molar-refractivity contribution in [2.45, 2.75) is 62.6 Å². The highest BCUT2D eigenvalue weighted by molar-refractivity contribution is 7.80. The first-order valence-corrected chi connectivity index (χ1v) is 15.2. The molecule has 9 nitrogen and oxygen atoms in total. The van der Waals surface area contributed by atoms with Gasteiger partial charge >= 0.3 is 18.3 Å². The molecule has 2 fully saturated rings. The Kier molecular flexibility index (Phi) is 9.70. The van der Waals surface area contributed by atoms with Crippen molar-refractivity contribution in [1.29, 1.82) is 0 Å². The lowest BCUT2D eigenvalue weighted by atomic mass is 10.0. The molecule has 0 saturated carbocycles. The third-order valence-corrected chi connectivity index (χ3v) is 8.60. The second kappa shape index (κ2) is 13.4. The van der Waals surface area contributed by atoms with Crippen molar-refractivity contribution in [2.75, 3.05) is 25.5 Å². The van der Waals surface area contributed by atoms with Crippen LogP contribution in [-0.4, -0.2) is 76.0 Å². The molecule has 5 rings (SSSR count). The van der Waals surface area contributed by atoms with Gasteiger partial charge < -0.3 is 30.2 Å². The molecular formula is C31H31F6N5O4S. The molecule has 2 aromatic carbocycles. The summed E-state index contributed by atoms with van der Waals surface area (Å²) in [5.74, 6) is -1.51. The van der Waals surface area contributed by atoms with Crippen molar-refractivity contribution >= 4 is 51.7 Å². The zero-order valence-electron chi connectivity index (χ0n) is 25.0. The van der Waals surface area contributed by atoms with E-state index < -0.39 is 70.2 Å². The number of fused-ring (bicyclic) bond motifs is 1. The van der Waals surface area contributed by atoms with Crippen molar-refractivity contribution < 1.29 is 45.5 Å². The normalized spacial score (nSPS) is 19.1. The van der Waals surface area contributed by atoms with Gasteiger partial charge in [0.1, 0.15) is 18.1 Å².